The van der Waals surface area contributed by atoms with Gasteiger partial charge >= 0.3 is 0 Å². The van der Waals surface area contributed by atoms with Gasteiger partial charge in [0, 0.05) is 12.6 Å². The first-order valence-corrected chi connectivity index (χ1v) is 6.40. The molecule has 2 unspecified atom stereocenters. The maximum Gasteiger partial charge on any atom is 0.0662 e. The van der Waals surface area contributed by atoms with Crippen molar-refractivity contribution in [2.45, 2.75) is 51.7 Å². The largest absolute Gasteiger partial charge is 0.392 e. The number of rotatable bonds is 5. The molecule has 0 aromatic rings. The van der Waals surface area contributed by atoms with Crippen LogP contribution in [0.4, 0.5) is 0 Å². The molecule has 0 aliphatic carbocycles. The molecule has 0 aromatic heterocycles. The lowest BCUT2D eigenvalue weighted by molar-refractivity contribution is 0.161. The minimum atomic E-state index is -0.171. The third-order valence-electron chi connectivity index (χ3n) is 3.38. The average Bonchev–Trinajstić information content (AvgIpc) is 2.50. The van der Waals surface area contributed by atoms with Crippen LogP contribution in [0.3, 0.4) is 0 Å². The Morgan fingerprint density at radius 1 is 1.33 bits per heavy atom. The summed E-state index contributed by atoms with van der Waals surface area (Å²) in [6.07, 6.45) is 4.45. The SMILES string of the molecule is CCC(O)CNC1CCCN(CC)CC1. The first-order chi connectivity index (χ1) is 7.26. The monoisotopic (exact) mass is 214 g/mol. The Morgan fingerprint density at radius 2 is 2.13 bits per heavy atom. The number of nitrogens with zero attached hydrogens (tertiary/aromatic N) is 1. The molecule has 1 heterocycles. The van der Waals surface area contributed by atoms with Crippen LogP contribution < -0.4 is 5.32 Å². The molecule has 1 aliphatic rings. The van der Waals surface area contributed by atoms with Crippen LogP contribution in [0.25, 0.3) is 0 Å². The number of hydrogen-bond donors (Lipinski definition) is 2. The number of hydrogen-bond acceptors (Lipinski definition) is 3. The third kappa shape index (κ3) is 4.96. The molecule has 15 heavy (non-hydrogen) atoms. The average molecular weight is 214 g/mol. The molecule has 2 N–H and O–H groups in total. The maximum absolute atomic E-state index is 9.48. The molecule has 90 valence electrons. The van der Waals surface area contributed by atoms with Crippen LogP contribution in [-0.4, -0.2) is 48.3 Å². The molecule has 0 saturated carbocycles. The van der Waals surface area contributed by atoms with E-state index >= 15 is 0 Å². The molecule has 0 spiro atoms. The smallest absolute Gasteiger partial charge is 0.0662 e. The van der Waals surface area contributed by atoms with Crippen molar-refractivity contribution in [3.63, 3.8) is 0 Å². The van der Waals surface area contributed by atoms with Crippen LogP contribution in [0, 0.1) is 0 Å². The Bertz CT molecular complexity index is 164. The standard InChI is InChI=1S/C12H26N2O/c1-3-12(15)10-13-11-6-5-8-14(4-2)9-7-11/h11-13,15H,3-10H2,1-2H3. The van der Waals surface area contributed by atoms with Crippen LogP contribution in [-0.2, 0) is 0 Å². The van der Waals surface area contributed by atoms with Gasteiger partial charge in [-0.25, -0.2) is 0 Å². The summed E-state index contributed by atoms with van der Waals surface area (Å²) in [6, 6.07) is 0.614. The van der Waals surface area contributed by atoms with Crippen molar-refractivity contribution >= 4 is 0 Å². The van der Waals surface area contributed by atoms with E-state index < -0.39 is 0 Å². The van der Waals surface area contributed by atoms with Crippen LogP contribution in [0.1, 0.15) is 39.5 Å². The molecule has 1 fully saturated rings. The first-order valence-electron chi connectivity index (χ1n) is 6.40. The highest BCUT2D eigenvalue weighted by Gasteiger charge is 2.15. The summed E-state index contributed by atoms with van der Waals surface area (Å²) in [5, 5.41) is 13.0. The summed E-state index contributed by atoms with van der Waals surface area (Å²) < 4.78 is 0. The summed E-state index contributed by atoms with van der Waals surface area (Å²) in [6.45, 7) is 8.63. The van der Waals surface area contributed by atoms with Crippen LogP contribution in [0.15, 0.2) is 0 Å². The topological polar surface area (TPSA) is 35.5 Å². The Labute approximate surface area is 93.9 Å². The zero-order chi connectivity index (χ0) is 11.1. The molecule has 0 radical (unpaired) electrons. The molecule has 1 rings (SSSR count). The number of aliphatic hydroxyl groups is 1. The van der Waals surface area contributed by atoms with Gasteiger partial charge in [0.2, 0.25) is 0 Å². The molecule has 0 bridgehead atoms. The van der Waals surface area contributed by atoms with Gasteiger partial charge in [-0.15, -0.1) is 0 Å². The second kappa shape index (κ2) is 7.20. The highest BCUT2D eigenvalue weighted by Crippen LogP contribution is 2.10. The molecule has 2 atom stereocenters. The van der Waals surface area contributed by atoms with Gasteiger partial charge < -0.3 is 15.3 Å². The van der Waals surface area contributed by atoms with Crippen LogP contribution >= 0.6 is 0 Å². The van der Waals surface area contributed by atoms with E-state index in [2.05, 4.69) is 17.1 Å². The zero-order valence-electron chi connectivity index (χ0n) is 10.2. The fourth-order valence-electron chi connectivity index (χ4n) is 2.12. The van der Waals surface area contributed by atoms with Gasteiger partial charge in [0.15, 0.2) is 0 Å². The van der Waals surface area contributed by atoms with Crippen molar-refractivity contribution in [2.75, 3.05) is 26.2 Å². The number of nitrogens with one attached hydrogen (secondary N) is 1. The number of likely N-dealkylation sites (tertiary alicyclic amines) is 1. The normalized spacial score (nSPS) is 26.2. The molecular formula is C12H26N2O. The van der Waals surface area contributed by atoms with Gasteiger partial charge in [-0.2, -0.15) is 0 Å². The maximum atomic E-state index is 9.48. The second-order valence-electron chi connectivity index (χ2n) is 4.53. The van der Waals surface area contributed by atoms with E-state index in [1.165, 1.54) is 38.9 Å². The van der Waals surface area contributed by atoms with E-state index in [-0.39, 0.29) is 6.10 Å². The Hall–Kier alpha value is -0.120. The van der Waals surface area contributed by atoms with Crippen molar-refractivity contribution in [1.82, 2.24) is 10.2 Å². The fourth-order valence-corrected chi connectivity index (χ4v) is 2.12. The Balaban J connectivity index is 2.19. The lowest BCUT2D eigenvalue weighted by Crippen LogP contribution is -2.36. The van der Waals surface area contributed by atoms with Crippen molar-refractivity contribution in [1.29, 1.82) is 0 Å². The quantitative estimate of drug-likeness (QED) is 0.722. The van der Waals surface area contributed by atoms with Gasteiger partial charge in [-0.05, 0) is 45.3 Å². The van der Waals surface area contributed by atoms with Crippen LogP contribution in [0.5, 0.6) is 0 Å². The van der Waals surface area contributed by atoms with E-state index in [1.54, 1.807) is 0 Å². The second-order valence-corrected chi connectivity index (χ2v) is 4.53. The molecule has 3 nitrogen and oxygen atoms in total. The Morgan fingerprint density at radius 3 is 2.80 bits per heavy atom. The minimum absolute atomic E-state index is 0.171. The van der Waals surface area contributed by atoms with E-state index in [4.69, 9.17) is 0 Å². The van der Waals surface area contributed by atoms with E-state index in [9.17, 15) is 5.11 Å². The predicted octanol–water partition coefficient (Wildman–Crippen LogP) is 1.22. The zero-order valence-corrected chi connectivity index (χ0v) is 10.2. The van der Waals surface area contributed by atoms with Crippen molar-refractivity contribution in [3.05, 3.63) is 0 Å². The fraction of sp³-hybridized carbons (Fsp3) is 1.00. The van der Waals surface area contributed by atoms with Gasteiger partial charge in [-0.3, -0.25) is 0 Å². The molecule has 1 aliphatic heterocycles. The van der Waals surface area contributed by atoms with Gasteiger partial charge in [0.1, 0.15) is 0 Å². The summed E-state index contributed by atoms with van der Waals surface area (Å²) >= 11 is 0. The van der Waals surface area contributed by atoms with Crippen molar-refractivity contribution in [3.8, 4) is 0 Å². The molecule has 0 amide bonds. The predicted molar refractivity (Wildman–Crippen MR) is 64.1 cm³/mol. The van der Waals surface area contributed by atoms with Gasteiger partial charge in [-0.1, -0.05) is 13.8 Å². The Kier molecular flexibility index (Phi) is 6.22. The summed E-state index contributed by atoms with van der Waals surface area (Å²) in [4.78, 5) is 2.51. The summed E-state index contributed by atoms with van der Waals surface area (Å²) in [5.41, 5.74) is 0. The molecule has 0 aromatic carbocycles. The van der Waals surface area contributed by atoms with Crippen LogP contribution in [0.2, 0.25) is 0 Å². The van der Waals surface area contributed by atoms with Crippen molar-refractivity contribution in [2.24, 2.45) is 0 Å². The van der Waals surface area contributed by atoms with Gasteiger partial charge in [0.05, 0.1) is 6.10 Å². The third-order valence-corrected chi connectivity index (χ3v) is 3.38. The number of aliphatic hydroxyl groups excluding tert-OH is 1. The van der Waals surface area contributed by atoms with E-state index in [0.717, 1.165) is 13.0 Å². The lowest BCUT2D eigenvalue weighted by atomic mass is 10.1. The highest BCUT2D eigenvalue weighted by atomic mass is 16.3. The summed E-state index contributed by atoms with van der Waals surface area (Å²) in [7, 11) is 0. The molecule has 3 heteroatoms. The molecular weight excluding hydrogens is 188 g/mol. The lowest BCUT2D eigenvalue weighted by Gasteiger charge is -2.19. The minimum Gasteiger partial charge on any atom is -0.392 e. The first kappa shape index (κ1) is 12.9. The van der Waals surface area contributed by atoms with E-state index in [0.29, 0.717) is 6.04 Å². The molecule has 1 saturated heterocycles. The van der Waals surface area contributed by atoms with E-state index in [1.807, 2.05) is 6.92 Å². The van der Waals surface area contributed by atoms with Crippen molar-refractivity contribution < 1.29 is 5.11 Å². The summed E-state index contributed by atoms with van der Waals surface area (Å²) in [5.74, 6) is 0. The van der Waals surface area contributed by atoms with Gasteiger partial charge in [0.25, 0.3) is 0 Å². The highest BCUT2D eigenvalue weighted by molar-refractivity contribution is 4.75.